The van der Waals surface area contributed by atoms with E-state index in [1.54, 1.807) is 30.0 Å². The fourth-order valence-corrected chi connectivity index (χ4v) is 7.13. The molecule has 1 unspecified atom stereocenters. The highest BCUT2D eigenvalue weighted by Crippen LogP contribution is 2.46. The summed E-state index contributed by atoms with van der Waals surface area (Å²) in [6.45, 7) is 9.02. The van der Waals surface area contributed by atoms with Gasteiger partial charge in [-0.15, -0.1) is 0 Å². The smallest absolute Gasteiger partial charge is 0.395 e. The minimum atomic E-state index is -4.50. The second kappa shape index (κ2) is 11.7. The van der Waals surface area contributed by atoms with Gasteiger partial charge in [-0.2, -0.15) is 13.0 Å². The molecule has 1 aromatic heterocycles. The van der Waals surface area contributed by atoms with E-state index in [-0.39, 0.29) is 6.61 Å². The Bertz CT molecular complexity index is 1460. The molecule has 198 valence electrons. The summed E-state index contributed by atoms with van der Waals surface area (Å²) in [4.78, 5) is 3.36. The first kappa shape index (κ1) is 27.8. The molecular weight excluding hydrogens is 529 g/mol. The molecule has 0 saturated heterocycles. The number of thioether (sulfide) groups is 1. The van der Waals surface area contributed by atoms with Crippen LogP contribution in [0, 0.1) is 13.8 Å². The fraction of sp³-hybridized carbons (Fsp3) is 0.370. The minimum absolute atomic E-state index is 0.0654. The molecule has 0 fully saturated rings. The number of aryl methyl sites for hydroxylation is 3. The second-order valence-corrected chi connectivity index (χ2v) is 12.4. The van der Waals surface area contributed by atoms with Crippen LogP contribution in [0.3, 0.4) is 0 Å². The second-order valence-electron chi connectivity index (χ2n) is 9.19. The number of β-amino-alcohol motifs (C(OH)–C–C–N with tert-alkyl or cyclic N) is 1. The summed E-state index contributed by atoms with van der Waals surface area (Å²) in [7, 11) is -4.50. The van der Waals surface area contributed by atoms with Gasteiger partial charge in [-0.3, -0.25) is 4.55 Å². The number of fused-ring (bicyclic) bond motifs is 2. The number of rotatable bonds is 10. The Hall–Kier alpha value is -2.21. The lowest BCUT2D eigenvalue weighted by Gasteiger charge is -2.19. The summed E-state index contributed by atoms with van der Waals surface area (Å²) in [5.41, 5.74) is 5.68. The van der Waals surface area contributed by atoms with Crippen molar-refractivity contribution in [2.24, 2.45) is 0 Å². The molecule has 1 aliphatic rings. The van der Waals surface area contributed by atoms with Gasteiger partial charge in [-0.05, 0) is 68.2 Å². The number of aliphatic hydroxyl groups is 1. The first-order valence-corrected chi connectivity index (χ1v) is 15.3. The zero-order valence-corrected chi connectivity index (χ0v) is 23.9. The van der Waals surface area contributed by atoms with Crippen LogP contribution in [0.15, 0.2) is 58.0 Å². The van der Waals surface area contributed by atoms with Crippen LogP contribution in [-0.4, -0.2) is 37.3 Å². The molecule has 7 nitrogen and oxygen atoms in total. The summed E-state index contributed by atoms with van der Waals surface area (Å²) in [5, 5.41) is 11.9. The Morgan fingerprint density at radius 1 is 1.19 bits per heavy atom. The average Bonchev–Trinajstić information content (AvgIpc) is 3.33. The van der Waals surface area contributed by atoms with Crippen LogP contribution in [0.25, 0.3) is 16.3 Å². The quantitative estimate of drug-likeness (QED) is 0.244. The van der Waals surface area contributed by atoms with Gasteiger partial charge in [-0.25, -0.2) is 4.18 Å². The van der Waals surface area contributed by atoms with Gasteiger partial charge in [0.2, 0.25) is 5.52 Å². The van der Waals surface area contributed by atoms with Crippen molar-refractivity contribution in [2.75, 3.05) is 18.1 Å². The number of aromatic nitrogens is 1. The van der Waals surface area contributed by atoms with Crippen LogP contribution in [0.4, 0.5) is 5.69 Å². The summed E-state index contributed by atoms with van der Waals surface area (Å²) in [5.74, 6) is 0. The molecule has 1 aliphatic heterocycles. The van der Waals surface area contributed by atoms with Gasteiger partial charge in [-0.1, -0.05) is 42.2 Å². The van der Waals surface area contributed by atoms with Crippen molar-refractivity contribution < 1.29 is 26.8 Å². The molecule has 10 heteroatoms. The average molecular weight is 562 g/mol. The van der Waals surface area contributed by atoms with Gasteiger partial charge in [0, 0.05) is 30.0 Å². The standard InChI is InChI=1S/C27H32N2O5S3/c1-5-21(17-27-29(12-13-30)23-15-19(3)7-9-25(23)36-27)16-26-28(11-10-20(4)34-37(31,32)33)22-14-18(2)6-8-24(22)35-26/h6-9,14-17,20,30H,5,10-13H2,1-4H3/p+1. The van der Waals surface area contributed by atoms with E-state index in [0.717, 1.165) is 43.5 Å². The number of anilines is 1. The van der Waals surface area contributed by atoms with Crippen LogP contribution in [-0.2, 0) is 21.1 Å². The van der Waals surface area contributed by atoms with Crippen molar-refractivity contribution in [3.8, 4) is 0 Å². The maximum absolute atomic E-state index is 11.1. The molecular formula is C27H33N2O5S3+. The molecule has 2 heterocycles. The van der Waals surface area contributed by atoms with Crippen LogP contribution in [0.1, 0.15) is 42.8 Å². The van der Waals surface area contributed by atoms with E-state index in [9.17, 15) is 13.5 Å². The minimum Gasteiger partial charge on any atom is -0.395 e. The fourth-order valence-electron chi connectivity index (χ4n) is 4.33. The van der Waals surface area contributed by atoms with E-state index in [1.807, 2.05) is 0 Å². The molecule has 0 spiro atoms. The predicted octanol–water partition coefficient (Wildman–Crippen LogP) is 5.64. The number of allylic oxidation sites excluding steroid dienone is 2. The topological polar surface area (TPSA) is 91.0 Å². The zero-order chi connectivity index (χ0) is 26.7. The highest BCUT2D eigenvalue weighted by molar-refractivity contribution is 8.03. The van der Waals surface area contributed by atoms with Crippen LogP contribution < -0.4 is 9.47 Å². The number of benzene rings is 2. The molecule has 0 bridgehead atoms. The lowest BCUT2D eigenvalue weighted by atomic mass is 10.1. The molecule has 1 atom stereocenters. The number of hydrogen-bond acceptors (Lipinski definition) is 7. The molecule has 0 aliphatic carbocycles. The first-order valence-electron chi connectivity index (χ1n) is 12.3. The summed E-state index contributed by atoms with van der Waals surface area (Å²) >= 11 is 3.40. The van der Waals surface area contributed by atoms with Crippen LogP contribution in [0.2, 0.25) is 0 Å². The van der Waals surface area contributed by atoms with E-state index in [1.165, 1.54) is 10.5 Å². The van der Waals surface area contributed by atoms with Gasteiger partial charge >= 0.3 is 10.4 Å². The van der Waals surface area contributed by atoms with Gasteiger partial charge < -0.3 is 10.0 Å². The molecule has 3 aromatic rings. The van der Waals surface area contributed by atoms with Gasteiger partial charge in [0.25, 0.3) is 5.01 Å². The van der Waals surface area contributed by atoms with Crippen molar-refractivity contribution in [1.29, 1.82) is 0 Å². The van der Waals surface area contributed by atoms with Crippen LogP contribution in [0.5, 0.6) is 0 Å². The van der Waals surface area contributed by atoms with Crippen molar-refractivity contribution in [2.45, 2.75) is 58.1 Å². The van der Waals surface area contributed by atoms with Crippen molar-refractivity contribution >= 4 is 55.5 Å². The van der Waals surface area contributed by atoms with Crippen molar-refractivity contribution in [1.82, 2.24) is 0 Å². The maximum Gasteiger partial charge on any atom is 0.397 e. The number of thiazole rings is 1. The number of hydrogen-bond donors (Lipinski definition) is 2. The van der Waals surface area contributed by atoms with E-state index in [4.69, 9.17) is 8.74 Å². The third kappa shape index (κ3) is 6.81. The maximum atomic E-state index is 11.1. The summed E-state index contributed by atoms with van der Waals surface area (Å²) < 4.78 is 39.4. The molecule has 2 aromatic carbocycles. The van der Waals surface area contributed by atoms with Gasteiger partial charge in [0.1, 0.15) is 4.70 Å². The summed E-state index contributed by atoms with van der Waals surface area (Å²) in [6.07, 6.45) is 4.97. The van der Waals surface area contributed by atoms with Crippen molar-refractivity contribution in [3.05, 3.63) is 69.2 Å². The molecule has 2 N–H and O–H groups in total. The van der Waals surface area contributed by atoms with Crippen molar-refractivity contribution in [3.63, 3.8) is 0 Å². The van der Waals surface area contributed by atoms with Gasteiger partial charge in [0.05, 0.1) is 23.4 Å². The normalized spacial score (nSPS) is 16.1. The molecule has 0 amide bonds. The highest BCUT2D eigenvalue weighted by atomic mass is 32.3. The Morgan fingerprint density at radius 3 is 2.62 bits per heavy atom. The van der Waals surface area contributed by atoms with Gasteiger partial charge in [0.15, 0.2) is 6.54 Å². The lowest BCUT2D eigenvalue weighted by Crippen LogP contribution is -2.37. The Balaban J connectivity index is 1.70. The molecule has 0 radical (unpaired) electrons. The lowest BCUT2D eigenvalue weighted by molar-refractivity contribution is -0.670. The zero-order valence-electron chi connectivity index (χ0n) is 21.5. The third-order valence-corrected chi connectivity index (χ3v) is 8.96. The largest absolute Gasteiger partial charge is 0.397 e. The summed E-state index contributed by atoms with van der Waals surface area (Å²) in [6, 6.07) is 12.7. The SMILES string of the molecule is CCC(/C=C1\Sc2ccc(C)cc2N1CCO)=C\c1sc2ccc(C)cc2[n+]1CCC(C)OS(=O)(=O)O. The molecule has 4 rings (SSSR count). The number of nitrogens with zero attached hydrogens (tertiary/aromatic N) is 2. The third-order valence-electron chi connectivity index (χ3n) is 6.17. The Labute approximate surface area is 227 Å². The Kier molecular flexibility index (Phi) is 8.77. The molecule has 0 saturated carbocycles. The predicted molar refractivity (Wildman–Crippen MR) is 151 cm³/mol. The van der Waals surface area contributed by atoms with E-state index < -0.39 is 16.5 Å². The van der Waals surface area contributed by atoms with E-state index in [2.05, 4.69) is 78.8 Å². The first-order chi connectivity index (χ1) is 17.6. The Morgan fingerprint density at radius 2 is 1.92 bits per heavy atom. The number of aliphatic hydroxyl groups excluding tert-OH is 1. The molecule has 37 heavy (non-hydrogen) atoms. The van der Waals surface area contributed by atoms with Crippen LogP contribution >= 0.6 is 23.1 Å². The highest BCUT2D eigenvalue weighted by Gasteiger charge is 2.26. The van der Waals surface area contributed by atoms with E-state index in [0.29, 0.717) is 19.5 Å². The monoisotopic (exact) mass is 561 g/mol. The van der Waals surface area contributed by atoms with E-state index >= 15 is 0 Å².